The second-order valence-electron chi connectivity index (χ2n) is 6.91. The van der Waals surface area contributed by atoms with E-state index in [9.17, 15) is 8.78 Å². The fourth-order valence-corrected chi connectivity index (χ4v) is 3.36. The number of hydrogen-bond donors (Lipinski definition) is 1. The number of halogens is 2. The lowest BCUT2D eigenvalue weighted by Gasteiger charge is -2.44. The van der Waals surface area contributed by atoms with Crippen LogP contribution >= 0.6 is 0 Å². The van der Waals surface area contributed by atoms with Crippen molar-refractivity contribution < 1.29 is 8.78 Å². The predicted octanol–water partition coefficient (Wildman–Crippen LogP) is 5.13. The van der Waals surface area contributed by atoms with E-state index >= 15 is 0 Å². The quantitative estimate of drug-likeness (QED) is 0.736. The summed E-state index contributed by atoms with van der Waals surface area (Å²) in [5.41, 5.74) is 3.43. The lowest BCUT2D eigenvalue weighted by Crippen LogP contribution is -2.52. The topological polar surface area (TPSA) is 15.3 Å². The van der Waals surface area contributed by atoms with Crippen LogP contribution in [-0.4, -0.2) is 30.0 Å². The molecule has 0 aromatic heterocycles. The molecular formula is C21H28F2N2. The van der Waals surface area contributed by atoms with Gasteiger partial charge in [0.05, 0.1) is 5.54 Å². The summed E-state index contributed by atoms with van der Waals surface area (Å²) < 4.78 is 27.2. The molecule has 0 unspecified atom stereocenters. The highest BCUT2D eigenvalue weighted by Gasteiger charge is 2.45. The Morgan fingerprint density at radius 2 is 1.72 bits per heavy atom. The molecule has 1 aliphatic rings. The molecule has 0 amide bonds. The van der Waals surface area contributed by atoms with Crippen LogP contribution in [0.4, 0.5) is 8.78 Å². The normalized spacial score (nSPS) is 18.4. The van der Waals surface area contributed by atoms with E-state index in [1.165, 1.54) is 5.56 Å². The maximum absolute atomic E-state index is 13.6. The van der Waals surface area contributed by atoms with Crippen LogP contribution < -0.4 is 5.32 Å². The Bertz CT molecular complexity index is 636. The minimum absolute atomic E-state index is 0.128. The SMILES string of the molecule is C=CN(CC(=C)c1ccc(C)cc1)C(=C)C1(NC)CCC(F)(F)CC1. The number of alkyl halides is 2. The van der Waals surface area contributed by atoms with Gasteiger partial charge in [0.15, 0.2) is 0 Å². The van der Waals surface area contributed by atoms with Crippen molar-refractivity contribution in [3.8, 4) is 0 Å². The van der Waals surface area contributed by atoms with Crippen LogP contribution in [0, 0.1) is 6.92 Å². The molecule has 0 aliphatic heterocycles. The van der Waals surface area contributed by atoms with E-state index in [-0.39, 0.29) is 12.8 Å². The van der Waals surface area contributed by atoms with Gasteiger partial charge < -0.3 is 10.2 Å². The fraction of sp³-hybridized carbons (Fsp3) is 0.429. The van der Waals surface area contributed by atoms with Crippen LogP contribution in [0.5, 0.6) is 0 Å². The van der Waals surface area contributed by atoms with E-state index in [1.807, 2.05) is 43.1 Å². The second-order valence-corrected chi connectivity index (χ2v) is 6.91. The van der Waals surface area contributed by atoms with Gasteiger partial charge in [0.2, 0.25) is 5.92 Å². The first kappa shape index (κ1) is 19.4. The Morgan fingerprint density at radius 3 is 2.20 bits per heavy atom. The molecular weight excluding hydrogens is 318 g/mol. The van der Waals surface area contributed by atoms with Crippen LogP contribution in [0.15, 0.2) is 55.9 Å². The van der Waals surface area contributed by atoms with Gasteiger partial charge in [-0.15, -0.1) is 0 Å². The van der Waals surface area contributed by atoms with Gasteiger partial charge in [-0.1, -0.05) is 49.6 Å². The van der Waals surface area contributed by atoms with Gasteiger partial charge in [-0.2, -0.15) is 0 Å². The smallest absolute Gasteiger partial charge is 0.248 e. The highest BCUT2D eigenvalue weighted by molar-refractivity contribution is 5.65. The molecule has 1 aromatic rings. The molecule has 4 heteroatoms. The van der Waals surface area contributed by atoms with E-state index in [0.29, 0.717) is 19.4 Å². The largest absolute Gasteiger partial charge is 0.346 e. The van der Waals surface area contributed by atoms with E-state index < -0.39 is 11.5 Å². The van der Waals surface area contributed by atoms with Crippen molar-refractivity contribution in [2.45, 2.75) is 44.1 Å². The number of likely N-dealkylation sites (N-methyl/N-ethyl adjacent to an activating group) is 1. The lowest BCUT2D eigenvalue weighted by atomic mass is 9.77. The number of aryl methyl sites for hydroxylation is 1. The molecule has 0 bridgehead atoms. The van der Waals surface area contributed by atoms with Gasteiger partial charge in [-0.3, -0.25) is 0 Å². The summed E-state index contributed by atoms with van der Waals surface area (Å²) in [6.45, 7) is 14.8. The molecule has 2 nitrogen and oxygen atoms in total. The zero-order valence-corrected chi connectivity index (χ0v) is 15.2. The maximum atomic E-state index is 13.6. The van der Waals surface area contributed by atoms with Crippen LogP contribution in [0.2, 0.25) is 0 Å². The van der Waals surface area contributed by atoms with Gasteiger partial charge in [-0.05, 0) is 44.1 Å². The molecule has 0 saturated heterocycles. The van der Waals surface area contributed by atoms with Gasteiger partial charge >= 0.3 is 0 Å². The van der Waals surface area contributed by atoms with Crippen molar-refractivity contribution >= 4 is 5.57 Å². The predicted molar refractivity (Wildman–Crippen MR) is 101 cm³/mol. The van der Waals surface area contributed by atoms with Crippen LogP contribution in [0.3, 0.4) is 0 Å². The highest BCUT2D eigenvalue weighted by atomic mass is 19.3. The molecule has 0 spiro atoms. The van der Waals surface area contributed by atoms with Crippen molar-refractivity contribution in [3.05, 3.63) is 67.0 Å². The maximum Gasteiger partial charge on any atom is 0.248 e. The number of benzene rings is 1. The number of nitrogens with one attached hydrogen (secondary N) is 1. The van der Waals surface area contributed by atoms with Crippen molar-refractivity contribution in [2.24, 2.45) is 0 Å². The first-order valence-corrected chi connectivity index (χ1v) is 8.63. The summed E-state index contributed by atoms with van der Waals surface area (Å²) >= 11 is 0. The van der Waals surface area contributed by atoms with Gasteiger partial charge in [-0.25, -0.2) is 8.78 Å². The van der Waals surface area contributed by atoms with E-state index in [2.05, 4.69) is 25.1 Å². The average molecular weight is 346 g/mol. The van der Waals surface area contributed by atoms with Crippen LogP contribution in [0.1, 0.15) is 36.8 Å². The third-order valence-corrected chi connectivity index (χ3v) is 5.25. The van der Waals surface area contributed by atoms with Crippen molar-refractivity contribution in [1.82, 2.24) is 10.2 Å². The average Bonchev–Trinajstić information content (AvgIpc) is 2.60. The molecule has 0 radical (unpaired) electrons. The minimum Gasteiger partial charge on any atom is -0.346 e. The Kier molecular flexibility index (Phi) is 5.83. The fourth-order valence-electron chi connectivity index (χ4n) is 3.36. The minimum atomic E-state index is -2.58. The molecule has 2 rings (SSSR count). The summed E-state index contributed by atoms with van der Waals surface area (Å²) in [5.74, 6) is -2.58. The van der Waals surface area contributed by atoms with E-state index in [4.69, 9.17) is 0 Å². The monoisotopic (exact) mass is 346 g/mol. The molecule has 1 saturated carbocycles. The third-order valence-electron chi connectivity index (χ3n) is 5.25. The van der Waals surface area contributed by atoms with Gasteiger partial charge in [0.1, 0.15) is 0 Å². The summed E-state index contributed by atoms with van der Waals surface area (Å²) in [7, 11) is 1.81. The first-order chi connectivity index (χ1) is 11.7. The molecule has 25 heavy (non-hydrogen) atoms. The summed E-state index contributed by atoms with van der Waals surface area (Å²) in [5, 5.41) is 3.24. The summed E-state index contributed by atoms with van der Waals surface area (Å²) in [6.07, 6.45) is 2.16. The molecule has 0 heterocycles. The number of rotatable bonds is 7. The lowest BCUT2D eigenvalue weighted by molar-refractivity contribution is -0.0519. The molecule has 0 atom stereocenters. The highest BCUT2D eigenvalue weighted by Crippen LogP contribution is 2.42. The standard InChI is InChI=1S/C21H28F2N2/c1-6-25(15-17(3)19-9-7-16(2)8-10-19)18(4)20(24-5)11-13-21(22,23)14-12-20/h6-10,24H,1,3-4,11-15H2,2,5H3. The zero-order valence-electron chi connectivity index (χ0n) is 15.2. The van der Waals surface area contributed by atoms with Crippen molar-refractivity contribution in [2.75, 3.05) is 13.6 Å². The van der Waals surface area contributed by atoms with Crippen molar-refractivity contribution in [3.63, 3.8) is 0 Å². The Balaban J connectivity index is 2.13. The van der Waals surface area contributed by atoms with E-state index in [0.717, 1.165) is 16.8 Å². The molecule has 1 aromatic carbocycles. The number of nitrogens with zero attached hydrogens (tertiary/aromatic N) is 1. The van der Waals surface area contributed by atoms with Crippen LogP contribution in [0.25, 0.3) is 5.57 Å². The number of hydrogen-bond acceptors (Lipinski definition) is 2. The van der Waals surface area contributed by atoms with Crippen molar-refractivity contribution in [1.29, 1.82) is 0 Å². The molecule has 136 valence electrons. The Morgan fingerprint density at radius 1 is 1.16 bits per heavy atom. The summed E-state index contributed by atoms with van der Waals surface area (Å²) in [6, 6.07) is 8.17. The molecule has 1 aliphatic carbocycles. The Hall–Kier alpha value is -1.94. The second kappa shape index (κ2) is 7.52. The van der Waals surface area contributed by atoms with E-state index in [1.54, 1.807) is 6.20 Å². The zero-order chi connectivity index (χ0) is 18.7. The van der Waals surface area contributed by atoms with Crippen LogP contribution in [-0.2, 0) is 0 Å². The van der Waals surface area contributed by atoms with Gasteiger partial charge in [0.25, 0.3) is 0 Å². The van der Waals surface area contributed by atoms with Gasteiger partial charge in [0, 0.05) is 25.1 Å². The first-order valence-electron chi connectivity index (χ1n) is 8.63. The third kappa shape index (κ3) is 4.37. The molecule has 1 N–H and O–H groups in total. The summed E-state index contributed by atoms with van der Waals surface area (Å²) in [4.78, 5) is 1.92. The Labute approximate surface area is 149 Å². The molecule has 1 fully saturated rings.